The van der Waals surface area contributed by atoms with E-state index in [0.29, 0.717) is 5.82 Å². The topological polar surface area (TPSA) is 102 Å². The second-order valence-corrected chi connectivity index (χ2v) is 8.94. The lowest BCUT2D eigenvalue weighted by atomic mass is 9.96. The maximum Gasteiger partial charge on any atom is 0.320 e. The van der Waals surface area contributed by atoms with Crippen molar-refractivity contribution < 1.29 is 9.59 Å². The maximum atomic E-state index is 12.8. The van der Waals surface area contributed by atoms with Crippen LogP contribution in [0.1, 0.15) is 63.1 Å². The molecule has 1 fully saturated rings. The fraction of sp³-hybridized carbons (Fsp3) is 0.423. The van der Waals surface area contributed by atoms with E-state index in [1.165, 1.54) is 6.42 Å². The number of nitrogens with two attached hydrogens (primary N) is 1. The highest BCUT2D eigenvalue weighted by Crippen LogP contribution is 2.27. The molecule has 3 amide bonds. The molecule has 4 rings (SSSR count). The summed E-state index contributed by atoms with van der Waals surface area (Å²) in [5.74, 6) is 0.237. The van der Waals surface area contributed by atoms with Gasteiger partial charge in [-0.3, -0.25) is 10.1 Å². The van der Waals surface area contributed by atoms with Crippen molar-refractivity contribution in [1.82, 2.24) is 15.1 Å². The number of aryl methyl sites for hydroxylation is 1. The van der Waals surface area contributed by atoms with Crippen LogP contribution in [-0.4, -0.2) is 27.8 Å². The Bertz CT molecular complexity index is 1130. The molecule has 0 bridgehead atoms. The number of nitrogens with one attached hydrogen (secondary N) is 2. The van der Waals surface area contributed by atoms with Crippen LogP contribution in [0.25, 0.3) is 16.5 Å². The Kier molecular flexibility index (Phi) is 7.27. The van der Waals surface area contributed by atoms with Gasteiger partial charge < -0.3 is 11.1 Å². The minimum atomic E-state index is -0.383. The molecular weight excluding hydrogens is 414 g/mol. The summed E-state index contributed by atoms with van der Waals surface area (Å²) in [4.78, 5) is 24.5. The van der Waals surface area contributed by atoms with Gasteiger partial charge in [-0.15, -0.1) is 0 Å². The first kappa shape index (κ1) is 22.8. The molecule has 1 heterocycles. The molecule has 174 valence electrons. The zero-order valence-electron chi connectivity index (χ0n) is 19.3. The summed E-state index contributed by atoms with van der Waals surface area (Å²) in [7, 11) is 0. The number of anilines is 1. The van der Waals surface area contributed by atoms with E-state index in [9.17, 15) is 9.59 Å². The Labute approximate surface area is 194 Å². The van der Waals surface area contributed by atoms with E-state index < -0.39 is 0 Å². The maximum absolute atomic E-state index is 12.8. The quantitative estimate of drug-likeness (QED) is 0.460. The lowest BCUT2D eigenvalue weighted by Gasteiger charge is -2.23. The first-order valence-electron chi connectivity index (χ1n) is 12.0. The molecular formula is C26H33N5O2. The lowest BCUT2D eigenvalue weighted by molar-refractivity contribution is -0.117. The lowest BCUT2D eigenvalue weighted by Crippen LogP contribution is -2.39. The second-order valence-electron chi connectivity index (χ2n) is 8.94. The van der Waals surface area contributed by atoms with Gasteiger partial charge in [-0.1, -0.05) is 56.9 Å². The number of nitrogens with zero attached hydrogens (tertiary/aromatic N) is 2. The number of benzene rings is 2. The zero-order valence-corrected chi connectivity index (χ0v) is 19.3. The van der Waals surface area contributed by atoms with E-state index in [1.807, 2.05) is 42.5 Å². The molecule has 0 spiro atoms. The number of unbranched alkanes of at least 4 members (excludes halogenated alkanes) is 1. The Morgan fingerprint density at radius 3 is 2.67 bits per heavy atom. The van der Waals surface area contributed by atoms with Gasteiger partial charge in [-0.05, 0) is 54.2 Å². The first-order chi connectivity index (χ1) is 16.0. The van der Waals surface area contributed by atoms with Crippen LogP contribution in [-0.2, 0) is 17.6 Å². The fourth-order valence-electron chi connectivity index (χ4n) is 4.61. The molecule has 0 unspecified atom stereocenters. The van der Waals surface area contributed by atoms with Crippen LogP contribution in [0.15, 0.2) is 42.5 Å². The van der Waals surface area contributed by atoms with Crippen LogP contribution in [0.2, 0.25) is 0 Å². The summed E-state index contributed by atoms with van der Waals surface area (Å²) < 4.78 is 1.77. The number of hydrogen-bond donors (Lipinski definition) is 3. The fourth-order valence-corrected chi connectivity index (χ4v) is 4.61. The van der Waals surface area contributed by atoms with Crippen molar-refractivity contribution in [1.29, 1.82) is 0 Å². The number of urea groups is 1. The van der Waals surface area contributed by atoms with Gasteiger partial charge in [-0.25, -0.2) is 9.48 Å². The molecule has 7 nitrogen and oxygen atoms in total. The van der Waals surface area contributed by atoms with Crippen LogP contribution >= 0.6 is 0 Å². The molecule has 1 aromatic heterocycles. The van der Waals surface area contributed by atoms with Gasteiger partial charge in [0.15, 0.2) is 0 Å². The molecule has 1 aliphatic rings. The zero-order chi connectivity index (χ0) is 23.2. The van der Waals surface area contributed by atoms with Crippen LogP contribution < -0.4 is 16.4 Å². The van der Waals surface area contributed by atoms with E-state index in [2.05, 4.69) is 17.6 Å². The van der Waals surface area contributed by atoms with E-state index in [1.54, 1.807) is 4.68 Å². The molecule has 0 atom stereocenters. The van der Waals surface area contributed by atoms with E-state index >= 15 is 0 Å². The molecule has 1 saturated carbocycles. The van der Waals surface area contributed by atoms with Crippen LogP contribution in [0.5, 0.6) is 0 Å². The number of hydrogen-bond acceptors (Lipinski definition) is 3. The van der Waals surface area contributed by atoms with Gasteiger partial charge in [-0.2, -0.15) is 5.10 Å². The van der Waals surface area contributed by atoms with E-state index in [4.69, 9.17) is 10.8 Å². The first-order valence-corrected chi connectivity index (χ1v) is 12.0. The molecule has 0 saturated heterocycles. The molecule has 7 heteroatoms. The molecule has 1 aliphatic carbocycles. The third-order valence-corrected chi connectivity index (χ3v) is 6.27. The van der Waals surface area contributed by atoms with Gasteiger partial charge in [0.05, 0.1) is 17.8 Å². The van der Waals surface area contributed by atoms with Crippen molar-refractivity contribution in [3.05, 3.63) is 53.7 Å². The average molecular weight is 448 g/mol. The summed E-state index contributed by atoms with van der Waals surface area (Å²) in [6.07, 6.45) is 8.67. The highest BCUT2D eigenvalue weighted by Gasteiger charge is 2.18. The third-order valence-electron chi connectivity index (χ3n) is 6.27. The van der Waals surface area contributed by atoms with Crippen LogP contribution in [0.3, 0.4) is 0 Å². The van der Waals surface area contributed by atoms with Gasteiger partial charge >= 0.3 is 6.03 Å². The number of amides is 3. The molecule has 0 radical (unpaired) electrons. The molecule has 0 aliphatic heterocycles. The Morgan fingerprint density at radius 2 is 1.91 bits per heavy atom. The third kappa shape index (κ3) is 5.72. The molecule has 2 aromatic carbocycles. The van der Waals surface area contributed by atoms with Crippen molar-refractivity contribution in [3.63, 3.8) is 0 Å². The van der Waals surface area contributed by atoms with Crippen LogP contribution in [0.4, 0.5) is 10.6 Å². The Balaban J connectivity index is 1.68. The minimum Gasteiger partial charge on any atom is -0.369 e. The number of rotatable bonds is 8. The summed E-state index contributed by atoms with van der Waals surface area (Å²) in [5, 5.41) is 12.9. The molecule has 33 heavy (non-hydrogen) atoms. The molecule has 4 N–H and O–H groups in total. The second kappa shape index (κ2) is 10.5. The largest absolute Gasteiger partial charge is 0.369 e. The predicted octanol–water partition coefficient (Wildman–Crippen LogP) is 4.85. The Morgan fingerprint density at radius 1 is 1.12 bits per heavy atom. The van der Waals surface area contributed by atoms with Crippen LogP contribution in [0, 0.1) is 0 Å². The van der Waals surface area contributed by atoms with Crippen molar-refractivity contribution in [2.75, 3.05) is 5.32 Å². The van der Waals surface area contributed by atoms with Gasteiger partial charge in [0.25, 0.3) is 0 Å². The number of primary amides is 1. The van der Waals surface area contributed by atoms with E-state index in [-0.39, 0.29) is 24.4 Å². The Hall–Kier alpha value is -3.35. The SMILES string of the molecule is CCCCc1cc(NC(=O)NC2CCCCC2)n(-c2cc(CC(N)=O)c3ccccc3c2)n1. The summed E-state index contributed by atoms with van der Waals surface area (Å²) in [6, 6.07) is 13.8. The smallest absolute Gasteiger partial charge is 0.320 e. The number of fused-ring (bicyclic) bond motifs is 1. The van der Waals surface area contributed by atoms with Gasteiger partial charge in [0.2, 0.25) is 5.91 Å². The van der Waals surface area contributed by atoms with Crippen molar-refractivity contribution in [3.8, 4) is 5.69 Å². The average Bonchev–Trinajstić information content (AvgIpc) is 3.20. The van der Waals surface area contributed by atoms with Crippen molar-refractivity contribution >= 4 is 28.5 Å². The highest BCUT2D eigenvalue weighted by molar-refractivity contribution is 5.92. The van der Waals surface area contributed by atoms with Crippen molar-refractivity contribution in [2.24, 2.45) is 5.73 Å². The summed E-state index contributed by atoms with van der Waals surface area (Å²) in [5.41, 5.74) is 8.09. The van der Waals surface area contributed by atoms with Crippen molar-refractivity contribution in [2.45, 2.75) is 70.8 Å². The summed E-state index contributed by atoms with van der Waals surface area (Å²) >= 11 is 0. The minimum absolute atomic E-state index is 0.142. The highest BCUT2D eigenvalue weighted by atomic mass is 16.2. The number of carbonyl (C=O) groups excluding carboxylic acids is 2. The number of carbonyl (C=O) groups is 2. The normalized spacial score (nSPS) is 14.3. The summed E-state index contributed by atoms with van der Waals surface area (Å²) in [6.45, 7) is 2.15. The van der Waals surface area contributed by atoms with Gasteiger partial charge in [0.1, 0.15) is 5.82 Å². The molecule has 3 aromatic rings. The van der Waals surface area contributed by atoms with Gasteiger partial charge in [0, 0.05) is 12.1 Å². The van der Waals surface area contributed by atoms with E-state index in [0.717, 1.165) is 72.7 Å². The standard InChI is InChI=1S/C26H33N5O2/c1-2-3-10-21-17-25(29-26(33)28-20-11-5-4-6-12-20)31(30-21)22-14-18-9-7-8-13-23(18)19(15-22)16-24(27)32/h7-9,13-15,17,20H,2-6,10-12,16H2,1H3,(H2,27,32)(H2,28,29,33). The number of aromatic nitrogens is 2. The predicted molar refractivity (Wildman–Crippen MR) is 132 cm³/mol. The monoisotopic (exact) mass is 447 g/mol.